The van der Waals surface area contributed by atoms with Crippen LogP contribution in [0.15, 0.2) is 24.3 Å². The van der Waals surface area contributed by atoms with Crippen LogP contribution in [0.5, 0.6) is 0 Å². The van der Waals surface area contributed by atoms with Crippen molar-refractivity contribution >= 4 is 23.2 Å². The first-order valence-corrected chi connectivity index (χ1v) is 6.76. The van der Waals surface area contributed by atoms with E-state index in [-0.39, 0.29) is 6.04 Å². The molecule has 1 atom stereocenters. The van der Waals surface area contributed by atoms with E-state index in [0.29, 0.717) is 10.0 Å². The van der Waals surface area contributed by atoms with Crippen LogP contribution in [0.25, 0.3) is 0 Å². The van der Waals surface area contributed by atoms with E-state index in [1.165, 1.54) is 0 Å². The number of halogens is 2. The minimum absolute atomic E-state index is 0.174. The molecule has 0 amide bonds. The normalized spacial score (nSPS) is 12.7. The fraction of sp³-hybridized carbons (Fsp3) is 0.308. The van der Waals surface area contributed by atoms with Crippen molar-refractivity contribution < 1.29 is 0 Å². The third-order valence-electron chi connectivity index (χ3n) is 3.07. The Morgan fingerprint density at radius 2 is 2.05 bits per heavy atom. The van der Waals surface area contributed by atoms with Gasteiger partial charge in [-0.1, -0.05) is 36.2 Å². The molecule has 6 heteroatoms. The van der Waals surface area contributed by atoms with Gasteiger partial charge in [0.15, 0.2) is 0 Å². The van der Waals surface area contributed by atoms with E-state index in [2.05, 4.69) is 17.4 Å². The number of nitrogens with one attached hydrogen (secondary N) is 1. The molecule has 0 aliphatic heterocycles. The molecule has 0 fully saturated rings. The Bertz CT molecular complexity index is 580. The monoisotopic (exact) mass is 298 g/mol. The van der Waals surface area contributed by atoms with Gasteiger partial charge in [0.05, 0.1) is 27.5 Å². The summed E-state index contributed by atoms with van der Waals surface area (Å²) in [6, 6.07) is 7.34. The van der Waals surface area contributed by atoms with Crippen molar-refractivity contribution in [1.82, 2.24) is 15.2 Å². The molecule has 0 radical (unpaired) electrons. The van der Waals surface area contributed by atoms with Crippen molar-refractivity contribution in [2.24, 2.45) is 12.9 Å². The van der Waals surface area contributed by atoms with Crippen LogP contribution >= 0.6 is 23.2 Å². The van der Waals surface area contributed by atoms with Gasteiger partial charge in [-0.25, -0.2) is 5.43 Å². The van der Waals surface area contributed by atoms with Gasteiger partial charge in [-0.2, -0.15) is 5.10 Å². The highest BCUT2D eigenvalue weighted by Gasteiger charge is 2.18. The topological polar surface area (TPSA) is 55.9 Å². The van der Waals surface area contributed by atoms with Gasteiger partial charge in [-0.15, -0.1) is 0 Å². The molecule has 3 N–H and O–H groups in total. The lowest BCUT2D eigenvalue weighted by Crippen LogP contribution is -2.30. The highest BCUT2D eigenvalue weighted by atomic mass is 35.5. The average Bonchev–Trinajstić information content (AvgIpc) is 2.76. The van der Waals surface area contributed by atoms with E-state index in [1.54, 1.807) is 6.07 Å². The number of rotatable bonds is 4. The van der Waals surface area contributed by atoms with Crippen molar-refractivity contribution in [1.29, 1.82) is 0 Å². The molecule has 0 saturated heterocycles. The maximum Gasteiger partial charge on any atom is 0.0878 e. The number of hydrogen-bond donors (Lipinski definition) is 2. The van der Waals surface area contributed by atoms with E-state index in [9.17, 15) is 0 Å². The highest BCUT2D eigenvalue weighted by molar-refractivity contribution is 6.42. The molecule has 0 saturated carbocycles. The van der Waals surface area contributed by atoms with Gasteiger partial charge >= 0.3 is 0 Å². The predicted molar refractivity (Wildman–Crippen MR) is 78.2 cm³/mol. The zero-order chi connectivity index (χ0) is 14.0. The Hall–Kier alpha value is -1.07. The van der Waals surface area contributed by atoms with Crippen LogP contribution in [0.1, 0.15) is 29.9 Å². The number of hydrogen-bond acceptors (Lipinski definition) is 3. The standard InChI is InChI=1S/C13H16Cl2N4/c1-3-9-7-12(19(2)18-9)13(17-16)8-4-5-10(14)11(15)6-8/h4-7,13,17H,3,16H2,1-2H3. The van der Waals surface area contributed by atoms with E-state index < -0.39 is 0 Å². The molecule has 1 aromatic carbocycles. The molecule has 1 heterocycles. The molecule has 1 unspecified atom stereocenters. The SMILES string of the molecule is CCc1cc(C(NN)c2ccc(Cl)c(Cl)c2)n(C)n1. The Balaban J connectivity index is 2.43. The van der Waals surface area contributed by atoms with Crippen molar-refractivity contribution in [2.75, 3.05) is 0 Å². The zero-order valence-electron chi connectivity index (χ0n) is 10.8. The van der Waals surface area contributed by atoms with Crippen molar-refractivity contribution in [3.8, 4) is 0 Å². The maximum atomic E-state index is 6.05. The van der Waals surface area contributed by atoms with Crippen molar-refractivity contribution in [3.63, 3.8) is 0 Å². The van der Waals surface area contributed by atoms with Gasteiger partial charge in [0.25, 0.3) is 0 Å². The van der Waals surface area contributed by atoms with Crippen LogP contribution in [0.3, 0.4) is 0 Å². The Morgan fingerprint density at radius 3 is 2.58 bits per heavy atom. The second-order valence-electron chi connectivity index (χ2n) is 4.31. The quantitative estimate of drug-likeness (QED) is 0.674. The highest BCUT2D eigenvalue weighted by Crippen LogP contribution is 2.28. The van der Waals surface area contributed by atoms with Gasteiger partial charge in [0.2, 0.25) is 0 Å². The Labute approximate surface area is 122 Å². The van der Waals surface area contributed by atoms with Gasteiger partial charge in [-0.05, 0) is 30.2 Å². The van der Waals surface area contributed by atoms with E-state index in [4.69, 9.17) is 29.0 Å². The fourth-order valence-electron chi connectivity index (χ4n) is 2.03. The van der Waals surface area contributed by atoms with E-state index in [1.807, 2.05) is 29.9 Å². The van der Waals surface area contributed by atoms with Gasteiger partial charge < -0.3 is 0 Å². The number of aryl methyl sites for hydroxylation is 2. The lowest BCUT2D eigenvalue weighted by atomic mass is 10.0. The molecule has 19 heavy (non-hydrogen) atoms. The summed E-state index contributed by atoms with van der Waals surface area (Å²) in [6.45, 7) is 2.07. The molecule has 1 aromatic heterocycles. The number of benzene rings is 1. The summed E-state index contributed by atoms with van der Waals surface area (Å²) in [6.07, 6.45) is 0.881. The van der Waals surface area contributed by atoms with Crippen LogP contribution in [-0.2, 0) is 13.5 Å². The predicted octanol–water partition coefficient (Wildman–Crippen LogP) is 2.84. The Kier molecular flexibility index (Phi) is 4.47. The fourth-order valence-corrected chi connectivity index (χ4v) is 2.34. The molecular formula is C13H16Cl2N4. The molecule has 0 aliphatic rings. The Morgan fingerprint density at radius 1 is 1.32 bits per heavy atom. The third-order valence-corrected chi connectivity index (χ3v) is 3.81. The van der Waals surface area contributed by atoms with Crippen molar-refractivity contribution in [2.45, 2.75) is 19.4 Å². The third kappa shape index (κ3) is 2.92. The number of nitrogens with zero attached hydrogens (tertiary/aromatic N) is 2. The first-order chi connectivity index (χ1) is 9.06. The number of aromatic nitrogens is 2. The maximum absolute atomic E-state index is 6.05. The molecule has 2 rings (SSSR count). The summed E-state index contributed by atoms with van der Waals surface area (Å²) in [7, 11) is 1.90. The largest absolute Gasteiger partial charge is 0.271 e. The lowest BCUT2D eigenvalue weighted by molar-refractivity contribution is 0.574. The summed E-state index contributed by atoms with van der Waals surface area (Å²) >= 11 is 12.0. The molecule has 102 valence electrons. The van der Waals surface area contributed by atoms with Gasteiger partial charge in [0, 0.05) is 7.05 Å². The smallest absolute Gasteiger partial charge is 0.0878 e. The summed E-state index contributed by atoms with van der Waals surface area (Å²) < 4.78 is 1.83. The van der Waals surface area contributed by atoms with Crippen LogP contribution in [0.4, 0.5) is 0 Å². The minimum Gasteiger partial charge on any atom is -0.271 e. The van der Waals surface area contributed by atoms with Crippen LogP contribution in [-0.4, -0.2) is 9.78 Å². The van der Waals surface area contributed by atoms with Crippen LogP contribution in [0.2, 0.25) is 10.0 Å². The lowest BCUT2D eigenvalue weighted by Gasteiger charge is -2.17. The second kappa shape index (κ2) is 5.92. The van der Waals surface area contributed by atoms with E-state index >= 15 is 0 Å². The summed E-state index contributed by atoms with van der Waals surface area (Å²) in [5, 5.41) is 5.47. The zero-order valence-corrected chi connectivity index (χ0v) is 12.3. The van der Waals surface area contributed by atoms with Crippen molar-refractivity contribution in [3.05, 3.63) is 51.3 Å². The van der Waals surface area contributed by atoms with E-state index in [0.717, 1.165) is 23.4 Å². The summed E-state index contributed by atoms with van der Waals surface area (Å²) in [5.41, 5.74) is 5.75. The molecule has 2 aromatic rings. The molecule has 0 spiro atoms. The average molecular weight is 299 g/mol. The van der Waals surface area contributed by atoms with Gasteiger partial charge in [0.1, 0.15) is 0 Å². The molecule has 0 aliphatic carbocycles. The summed E-state index contributed by atoms with van der Waals surface area (Å²) in [5.74, 6) is 5.68. The first kappa shape index (κ1) is 14.3. The molecule has 4 nitrogen and oxygen atoms in total. The van der Waals surface area contributed by atoms with Crippen LogP contribution < -0.4 is 11.3 Å². The summed E-state index contributed by atoms with van der Waals surface area (Å²) in [4.78, 5) is 0. The first-order valence-electron chi connectivity index (χ1n) is 6.00. The molecular weight excluding hydrogens is 283 g/mol. The number of nitrogens with two attached hydrogens (primary N) is 1. The second-order valence-corrected chi connectivity index (χ2v) is 5.13. The molecule has 0 bridgehead atoms. The minimum atomic E-state index is -0.174. The van der Waals surface area contributed by atoms with Gasteiger partial charge in [-0.3, -0.25) is 10.5 Å². The number of hydrazine groups is 1. The van der Waals surface area contributed by atoms with Crippen LogP contribution in [0, 0.1) is 0 Å².